The summed E-state index contributed by atoms with van der Waals surface area (Å²) in [5.41, 5.74) is 7.17. The number of carbonyl (C=O) groups excluding carboxylic acids is 1. The quantitative estimate of drug-likeness (QED) is 0.890. The van der Waals surface area contributed by atoms with Crippen LogP contribution in [0.5, 0.6) is 0 Å². The highest BCUT2D eigenvalue weighted by molar-refractivity contribution is 7.19. The summed E-state index contributed by atoms with van der Waals surface area (Å²) >= 11 is 1.28. The zero-order chi connectivity index (χ0) is 13.1. The van der Waals surface area contributed by atoms with Gasteiger partial charge in [0, 0.05) is 12.4 Å². The van der Waals surface area contributed by atoms with Crippen LogP contribution in [0.3, 0.4) is 0 Å². The molecule has 2 aromatic rings. The molecule has 0 atom stereocenters. The summed E-state index contributed by atoms with van der Waals surface area (Å²) in [6.07, 6.45) is 3.13. The highest BCUT2D eigenvalue weighted by atomic mass is 32.1. The van der Waals surface area contributed by atoms with Gasteiger partial charge in [0.1, 0.15) is 5.00 Å². The normalized spacial score (nSPS) is 10.6. The van der Waals surface area contributed by atoms with E-state index < -0.39 is 0 Å². The number of hydrogen-bond donors (Lipinski definition) is 2. The number of nitrogens with one attached hydrogen (secondary N) is 1. The average Bonchev–Trinajstić information content (AvgIpc) is 2.71. The Morgan fingerprint density at radius 1 is 1.50 bits per heavy atom. The molecule has 1 amide bonds. The molecule has 0 fully saturated rings. The minimum Gasteiger partial charge on any atom is -0.389 e. The first-order chi connectivity index (χ1) is 8.58. The molecule has 0 saturated carbocycles. The molecule has 0 saturated heterocycles. The fourth-order valence-corrected chi connectivity index (χ4v) is 2.36. The van der Waals surface area contributed by atoms with Gasteiger partial charge in [-0.3, -0.25) is 15.1 Å². The maximum atomic E-state index is 11.9. The fraction of sp³-hybridized carbons (Fsp3) is 0.250. The van der Waals surface area contributed by atoms with E-state index in [1.807, 2.05) is 13.8 Å². The van der Waals surface area contributed by atoms with Crippen LogP contribution in [-0.2, 0) is 0 Å². The van der Waals surface area contributed by atoms with Crippen molar-refractivity contribution in [3.05, 3.63) is 35.8 Å². The van der Waals surface area contributed by atoms with Crippen LogP contribution in [0.2, 0.25) is 0 Å². The lowest BCUT2D eigenvalue weighted by Crippen LogP contribution is -2.11. The van der Waals surface area contributed by atoms with Crippen molar-refractivity contribution in [2.75, 3.05) is 11.1 Å². The fourth-order valence-electron chi connectivity index (χ4n) is 1.48. The van der Waals surface area contributed by atoms with Crippen LogP contribution in [0.1, 0.15) is 35.8 Å². The van der Waals surface area contributed by atoms with Crippen LogP contribution < -0.4 is 11.1 Å². The predicted octanol–water partition coefficient (Wildman–Crippen LogP) is 2.50. The highest BCUT2D eigenvalue weighted by Gasteiger charge is 2.14. The second-order valence-corrected chi connectivity index (χ2v) is 5.15. The van der Waals surface area contributed by atoms with Crippen LogP contribution in [-0.4, -0.2) is 15.9 Å². The van der Waals surface area contributed by atoms with Crippen molar-refractivity contribution in [3.63, 3.8) is 0 Å². The third-order valence-corrected chi connectivity index (χ3v) is 3.19. The molecule has 0 aliphatic rings. The van der Waals surface area contributed by atoms with Gasteiger partial charge in [0.2, 0.25) is 0 Å². The Bertz CT molecular complexity index is 550. The summed E-state index contributed by atoms with van der Waals surface area (Å²) in [4.78, 5) is 20.1. The summed E-state index contributed by atoms with van der Waals surface area (Å²) in [5, 5.41) is 3.89. The van der Waals surface area contributed by atoms with E-state index in [4.69, 9.17) is 5.73 Å². The monoisotopic (exact) mass is 262 g/mol. The predicted molar refractivity (Wildman–Crippen MR) is 72.8 cm³/mol. The minimum absolute atomic E-state index is 0.229. The number of nitrogen functional groups attached to an aromatic ring is 1. The van der Waals surface area contributed by atoms with Crippen molar-refractivity contribution in [2.45, 2.75) is 19.8 Å². The molecule has 2 aromatic heterocycles. The second-order valence-electron chi connectivity index (χ2n) is 4.12. The maximum Gasteiger partial charge on any atom is 0.259 e. The molecule has 6 heteroatoms. The molecule has 0 spiro atoms. The Morgan fingerprint density at radius 2 is 2.28 bits per heavy atom. The minimum atomic E-state index is -0.229. The number of carbonyl (C=O) groups is 1. The molecule has 0 aromatic carbocycles. The van der Waals surface area contributed by atoms with Gasteiger partial charge in [0.25, 0.3) is 5.91 Å². The standard InChI is InChI=1S/C12H14N4OS/c1-7(2)9-10(13)18-12(15-9)16-11(17)8-4-3-5-14-6-8/h3-7H,13H2,1-2H3,(H,15,16,17). The van der Waals surface area contributed by atoms with Gasteiger partial charge >= 0.3 is 0 Å². The zero-order valence-corrected chi connectivity index (χ0v) is 11.0. The largest absolute Gasteiger partial charge is 0.389 e. The Hall–Kier alpha value is -1.95. The van der Waals surface area contributed by atoms with Gasteiger partial charge in [-0.2, -0.15) is 0 Å². The van der Waals surface area contributed by atoms with Crippen LogP contribution in [0.4, 0.5) is 10.1 Å². The lowest BCUT2D eigenvalue weighted by molar-refractivity contribution is 0.102. The number of anilines is 2. The van der Waals surface area contributed by atoms with Crippen molar-refractivity contribution >= 4 is 27.4 Å². The Labute approximate surface area is 109 Å². The van der Waals surface area contributed by atoms with E-state index >= 15 is 0 Å². The lowest BCUT2D eigenvalue weighted by Gasteiger charge is -2.01. The molecule has 0 bridgehead atoms. The van der Waals surface area contributed by atoms with Crippen molar-refractivity contribution in [2.24, 2.45) is 0 Å². The number of nitrogens with zero attached hydrogens (tertiary/aromatic N) is 2. The van der Waals surface area contributed by atoms with Gasteiger partial charge in [-0.25, -0.2) is 4.98 Å². The molecule has 2 rings (SSSR count). The van der Waals surface area contributed by atoms with E-state index in [2.05, 4.69) is 15.3 Å². The van der Waals surface area contributed by atoms with Crippen LogP contribution >= 0.6 is 11.3 Å². The number of aromatic nitrogens is 2. The van der Waals surface area contributed by atoms with Gasteiger partial charge in [0.15, 0.2) is 5.13 Å². The molecule has 0 aliphatic carbocycles. The molecule has 5 nitrogen and oxygen atoms in total. The van der Waals surface area contributed by atoms with E-state index in [9.17, 15) is 4.79 Å². The Kier molecular flexibility index (Phi) is 3.57. The zero-order valence-electron chi connectivity index (χ0n) is 10.2. The third kappa shape index (κ3) is 2.65. The van der Waals surface area contributed by atoms with Gasteiger partial charge < -0.3 is 5.73 Å². The molecule has 94 valence electrons. The molecule has 0 unspecified atom stereocenters. The van der Waals surface area contributed by atoms with Crippen molar-refractivity contribution in [1.29, 1.82) is 0 Å². The smallest absolute Gasteiger partial charge is 0.259 e. The molecular formula is C12H14N4OS. The molecular weight excluding hydrogens is 248 g/mol. The molecule has 3 N–H and O–H groups in total. The van der Waals surface area contributed by atoms with E-state index in [1.54, 1.807) is 18.3 Å². The van der Waals surface area contributed by atoms with Crippen LogP contribution in [0.15, 0.2) is 24.5 Å². The Morgan fingerprint density at radius 3 is 2.83 bits per heavy atom. The molecule has 0 aliphatic heterocycles. The van der Waals surface area contributed by atoms with Gasteiger partial charge in [-0.1, -0.05) is 25.2 Å². The molecule has 0 radical (unpaired) electrons. The first-order valence-corrected chi connectivity index (χ1v) is 6.37. The first-order valence-electron chi connectivity index (χ1n) is 5.55. The Balaban J connectivity index is 2.15. The maximum absolute atomic E-state index is 11.9. The number of thiazole rings is 1. The summed E-state index contributed by atoms with van der Waals surface area (Å²) in [6, 6.07) is 3.41. The van der Waals surface area contributed by atoms with Gasteiger partial charge in [-0.15, -0.1) is 0 Å². The van der Waals surface area contributed by atoms with Crippen LogP contribution in [0, 0.1) is 0 Å². The van der Waals surface area contributed by atoms with Crippen LogP contribution in [0.25, 0.3) is 0 Å². The molecule has 18 heavy (non-hydrogen) atoms. The van der Waals surface area contributed by atoms with E-state index in [0.29, 0.717) is 15.7 Å². The molecule has 2 heterocycles. The number of pyridine rings is 1. The van der Waals surface area contributed by atoms with E-state index in [0.717, 1.165) is 5.69 Å². The van der Waals surface area contributed by atoms with Gasteiger partial charge in [-0.05, 0) is 18.1 Å². The summed E-state index contributed by atoms with van der Waals surface area (Å²) < 4.78 is 0. The van der Waals surface area contributed by atoms with Crippen molar-refractivity contribution in [3.8, 4) is 0 Å². The summed E-state index contributed by atoms with van der Waals surface area (Å²) in [6.45, 7) is 4.02. The van der Waals surface area contributed by atoms with E-state index in [1.165, 1.54) is 17.5 Å². The average molecular weight is 262 g/mol. The SMILES string of the molecule is CC(C)c1nc(NC(=O)c2cccnc2)sc1N. The second kappa shape index (κ2) is 5.14. The van der Waals surface area contributed by atoms with Gasteiger partial charge in [0.05, 0.1) is 11.3 Å². The number of hydrogen-bond acceptors (Lipinski definition) is 5. The number of nitrogens with two attached hydrogens (primary N) is 1. The summed E-state index contributed by atoms with van der Waals surface area (Å²) in [5.74, 6) is 0.0115. The number of rotatable bonds is 3. The number of amides is 1. The highest BCUT2D eigenvalue weighted by Crippen LogP contribution is 2.30. The topological polar surface area (TPSA) is 80.9 Å². The first kappa shape index (κ1) is 12.5. The lowest BCUT2D eigenvalue weighted by atomic mass is 10.1. The summed E-state index contributed by atoms with van der Waals surface area (Å²) in [7, 11) is 0. The van der Waals surface area contributed by atoms with Crippen molar-refractivity contribution < 1.29 is 4.79 Å². The third-order valence-electron chi connectivity index (χ3n) is 2.37. The van der Waals surface area contributed by atoms with Crippen molar-refractivity contribution in [1.82, 2.24) is 9.97 Å². The van der Waals surface area contributed by atoms with E-state index in [-0.39, 0.29) is 11.8 Å².